The molecule has 1 saturated heterocycles. The van der Waals surface area contributed by atoms with Crippen molar-refractivity contribution >= 4 is 29.0 Å². The topological polar surface area (TPSA) is 79.3 Å². The van der Waals surface area contributed by atoms with Crippen molar-refractivity contribution in [3.63, 3.8) is 0 Å². The first-order valence-electron chi connectivity index (χ1n) is 12.8. The molecule has 4 rings (SSSR count). The molecule has 2 aromatic heterocycles. The second kappa shape index (κ2) is 14.1. The van der Waals surface area contributed by atoms with Gasteiger partial charge in [0.2, 0.25) is 0 Å². The van der Waals surface area contributed by atoms with Crippen LogP contribution in [0.15, 0.2) is 24.4 Å². The number of hydrogen-bond donors (Lipinski definition) is 3. The zero-order valence-electron chi connectivity index (χ0n) is 20.5. The molecule has 2 aromatic rings. The fourth-order valence-electron chi connectivity index (χ4n) is 4.96. The SMILES string of the molecule is C.O[C@@H](CNC1CCC(Cc2cc(-c3nc(NCC4CCOCC4)ccc3Cl)c(Cl)cn2)CC1)C(F)(F)F. The summed E-state index contributed by atoms with van der Waals surface area (Å²) in [4.78, 5) is 9.25. The van der Waals surface area contributed by atoms with Crippen molar-refractivity contribution in [2.75, 3.05) is 31.6 Å². The zero-order chi connectivity index (χ0) is 26.4. The molecule has 3 heterocycles. The number of alkyl halides is 3. The number of nitrogens with zero attached hydrogens (tertiary/aromatic N) is 2. The van der Waals surface area contributed by atoms with Gasteiger partial charge >= 0.3 is 6.18 Å². The third kappa shape index (κ3) is 8.68. The van der Waals surface area contributed by atoms with Gasteiger partial charge in [0.05, 0.1) is 15.7 Å². The quantitative estimate of drug-likeness (QED) is 0.314. The van der Waals surface area contributed by atoms with Gasteiger partial charge < -0.3 is 20.5 Å². The standard InChI is InChI=1S/C26H33Cl2F3N4O2.CH4/c27-21-5-6-24(34-13-17-7-9-37-10-8-17)35-25(21)20-12-19(32-14-22(20)28)11-16-1-3-18(4-2-16)33-15-23(36)26(29,30)31;/h5-6,12,14,16-18,23,33,36H,1-4,7-11,13,15H2,(H,34,35);1H4/t16?,18?,23-;/m0./s1. The van der Waals surface area contributed by atoms with E-state index in [4.69, 9.17) is 32.9 Å². The first-order valence-corrected chi connectivity index (χ1v) is 13.6. The molecule has 0 bridgehead atoms. The van der Waals surface area contributed by atoms with E-state index >= 15 is 0 Å². The van der Waals surface area contributed by atoms with Crippen LogP contribution in [0.25, 0.3) is 11.3 Å². The molecule has 6 nitrogen and oxygen atoms in total. The molecular formula is C27H37Cl2F3N4O2. The van der Waals surface area contributed by atoms with Crippen molar-refractivity contribution in [2.45, 2.75) is 70.7 Å². The van der Waals surface area contributed by atoms with Crippen LogP contribution in [0, 0.1) is 11.8 Å². The molecule has 1 atom stereocenters. The van der Waals surface area contributed by atoms with Crippen LogP contribution in [0.4, 0.5) is 19.0 Å². The summed E-state index contributed by atoms with van der Waals surface area (Å²) in [6.07, 6.45) is 0.723. The predicted molar refractivity (Wildman–Crippen MR) is 146 cm³/mol. The fraction of sp³-hybridized carbons (Fsp3) is 0.630. The Hall–Kier alpha value is -1.65. The molecule has 38 heavy (non-hydrogen) atoms. The van der Waals surface area contributed by atoms with Crippen LogP contribution >= 0.6 is 23.2 Å². The van der Waals surface area contributed by atoms with Gasteiger partial charge in [0.1, 0.15) is 5.82 Å². The molecule has 1 aliphatic heterocycles. The van der Waals surface area contributed by atoms with E-state index in [2.05, 4.69) is 15.6 Å². The van der Waals surface area contributed by atoms with Gasteiger partial charge in [-0.15, -0.1) is 0 Å². The van der Waals surface area contributed by atoms with Crippen molar-refractivity contribution in [1.82, 2.24) is 15.3 Å². The van der Waals surface area contributed by atoms with E-state index < -0.39 is 18.8 Å². The molecular weight excluding hydrogens is 540 g/mol. The third-order valence-corrected chi connectivity index (χ3v) is 7.85. The van der Waals surface area contributed by atoms with Crippen molar-refractivity contribution in [3.8, 4) is 11.3 Å². The molecule has 0 aromatic carbocycles. The number of hydrogen-bond acceptors (Lipinski definition) is 6. The van der Waals surface area contributed by atoms with Gasteiger partial charge in [-0.25, -0.2) is 4.98 Å². The number of nitrogens with one attached hydrogen (secondary N) is 2. The number of aliphatic hydroxyl groups excluding tert-OH is 1. The number of rotatable bonds is 9. The Morgan fingerprint density at radius 3 is 2.42 bits per heavy atom. The average molecular weight is 578 g/mol. The van der Waals surface area contributed by atoms with Crippen LogP contribution in [-0.2, 0) is 11.2 Å². The van der Waals surface area contributed by atoms with E-state index in [-0.39, 0.29) is 13.5 Å². The van der Waals surface area contributed by atoms with Crippen LogP contribution in [0.5, 0.6) is 0 Å². The summed E-state index contributed by atoms with van der Waals surface area (Å²) in [6, 6.07) is 5.59. The van der Waals surface area contributed by atoms with Crippen LogP contribution in [0.1, 0.15) is 51.6 Å². The highest BCUT2D eigenvalue weighted by molar-refractivity contribution is 6.36. The summed E-state index contributed by atoms with van der Waals surface area (Å²) in [5, 5.41) is 16.4. The summed E-state index contributed by atoms with van der Waals surface area (Å²) < 4.78 is 43.0. The molecule has 0 unspecified atom stereocenters. The summed E-state index contributed by atoms with van der Waals surface area (Å²) in [5.41, 5.74) is 2.20. The normalized spacial score (nSPS) is 21.5. The smallest absolute Gasteiger partial charge is 0.382 e. The van der Waals surface area contributed by atoms with Crippen molar-refractivity contribution < 1.29 is 23.0 Å². The maximum absolute atomic E-state index is 12.5. The third-order valence-electron chi connectivity index (χ3n) is 7.25. The highest BCUT2D eigenvalue weighted by Gasteiger charge is 2.38. The predicted octanol–water partition coefficient (Wildman–Crippen LogP) is 6.54. The van der Waals surface area contributed by atoms with E-state index in [1.165, 1.54) is 0 Å². The fourth-order valence-corrected chi connectivity index (χ4v) is 5.36. The van der Waals surface area contributed by atoms with Crippen LogP contribution in [0.2, 0.25) is 10.0 Å². The van der Waals surface area contributed by atoms with Gasteiger partial charge in [-0.05, 0) is 75.0 Å². The molecule has 0 spiro atoms. The Bertz CT molecular complexity index is 1030. The molecule has 1 aliphatic carbocycles. The van der Waals surface area contributed by atoms with E-state index in [1.54, 1.807) is 6.20 Å². The van der Waals surface area contributed by atoms with Crippen LogP contribution in [-0.4, -0.2) is 59.7 Å². The number of ether oxygens (including phenoxy) is 1. The number of aliphatic hydroxyl groups is 1. The molecule has 2 fully saturated rings. The first kappa shape index (κ1) is 30.9. The lowest BCUT2D eigenvalue weighted by molar-refractivity contribution is -0.202. The lowest BCUT2D eigenvalue weighted by Crippen LogP contribution is -2.43. The van der Waals surface area contributed by atoms with Gasteiger partial charge in [-0.3, -0.25) is 4.98 Å². The average Bonchev–Trinajstić information content (AvgIpc) is 2.89. The second-order valence-electron chi connectivity index (χ2n) is 10.0. The number of pyridine rings is 2. The van der Waals surface area contributed by atoms with Gasteiger partial charge in [-0.1, -0.05) is 30.6 Å². The minimum absolute atomic E-state index is 0. The molecule has 2 aliphatic rings. The lowest BCUT2D eigenvalue weighted by atomic mass is 9.83. The Balaban J connectivity index is 0.00000400. The molecule has 0 radical (unpaired) electrons. The maximum Gasteiger partial charge on any atom is 0.415 e. The van der Waals surface area contributed by atoms with Crippen molar-refractivity contribution in [2.24, 2.45) is 11.8 Å². The van der Waals surface area contributed by atoms with Crippen molar-refractivity contribution in [3.05, 3.63) is 40.1 Å². The Labute approximate surface area is 232 Å². The Morgan fingerprint density at radius 2 is 1.74 bits per heavy atom. The summed E-state index contributed by atoms with van der Waals surface area (Å²) in [6.45, 7) is 1.93. The molecule has 212 valence electrons. The van der Waals surface area contributed by atoms with E-state index in [1.807, 2.05) is 18.2 Å². The summed E-state index contributed by atoms with van der Waals surface area (Å²) in [5.74, 6) is 1.65. The highest BCUT2D eigenvalue weighted by atomic mass is 35.5. The largest absolute Gasteiger partial charge is 0.415 e. The van der Waals surface area contributed by atoms with Gasteiger partial charge in [0, 0.05) is 49.8 Å². The number of halogens is 5. The number of aromatic nitrogens is 2. The second-order valence-corrected chi connectivity index (χ2v) is 10.8. The highest BCUT2D eigenvalue weighted by Crippen LogP contribution is 2.34. The van der Waals surface area contributed by atoms with Crippen molar-refractivity contribution in [1.29, 1.82) is 0 Å². The summed E-state index contributed by atoms with van der Waals surface area (Å²) in [7, 11) is 0. The van der Waals surface area contributed by atoms with Gasteiger partial charge in [0.15, 0.2) is 6.10 Å². The minimum atomic E-state index is -4.60. The monoisotopic (exact) mass is 576 g/mol. The minimum Gasteiger partial charge on any atom is -0.382 e. The van der Waals surface area contributed by atoms with Gasteiger partial charge in [0.25, 0.3) is 0 Å². The molecule has 0 amide bonds. The molecule has 1 saturated carbocycles. The Kier molecular flexibility index (Phi) is 11.5. The maximum atomic E-state index is 12.5. The molecule has 3 N–H and O–H groups in total. The molecule has 11 heteroatoms. The zero-order valence-corrected chi connectivity index (χ0v) is 22.0. The van der Waals surface area contributed by atoms with Gasteiger partial charge in [-0.2, -0.15) is 13.2 Å². The Morgan fingerprint density at radius 1 is 1.03 bits per heavy atom. The number of anilines is 1. The summed E-state index contributed by atoms with van der Waals surface area (Å²) >= 11 is 13.0. The van der Waals surface area contributed by atoms with Crippen LogP contribution < -0.4 is 10.6 Å². The lowest BCUT2D eigenvalue weighted by Gasteiger charge is -2.30. The van der Waals surface area contributed by atoms with E-state index in [0.717, 1.165) is 81.8 Å². The van der Waals surface area contributed by atoms with E-state index in [0.29, 0.717) is 27.6 Å². The van der Waals surface area contributed by atoms with Crippen LogP contribution in [0.3, 0.4) is 0 Å². The van der Waals surface area contributed by atoms with E-state index in [9.17, 15) is 18.3 Å². The first-order chi connectivity index (χ1) is 17.7.